The van der Waals surface area contributed by atoms with Crippen molar-refractivity contribution in [2.75, 3.05) is 0 Å². The van der Waals surface area contributed by atoms with Crippen molar-refractivity contribution in [3.05, 3.63) is 70.7 Å². The van der Waals surface area contributed by atoms with E-state index in [1.807, 2.05) is 36.9 Å². The fourth-order valence-electron chi connectivity index (χ4n) is 3.55. The number of aromatic nitrogens is 2. The molecular weight excluding hydrogens is 280 g/mol. The Morgan fingerprint density at radius 2 is 1.96 bits per heavy atom. The van der Waals surface area contributed by atoms with Gasteiger partial charge in [-0.1, -0.05) is 18.2 Å². The van der Waals surface area contributed by atoms with Gasteiger partial charge in [-0.15, -0.1) is 0 Å². The molecule has 0 radical (unpaired) electrons. The van der Waals surface area contributed by atoms with Gasteiger partial charge in [0.15, 0.2) is 6.20 Å². The number of rotatable bonds is 1. The van der Waals surface area contributed by atoms with Crippen molar-refractivity contribution in [2.24, 2.45) is 7.05 Å². The third-order valence-corrected chi connectivity index (χ3v) is 4.78. The first-order valence-electron chi connectivity index (χ1n) is 9.35. The SMILES string of the molecule is [2H]C([2H])([2H])c1c[n+](C)c(-c2c(C)ccc3c2Cc2ncccc2-3)cc1C. The number of pyridine rings is 2. The van der Waals surface area contributed by atoms with Gasteiger partial charge in [0, 0.05) is 33.9 Å². The van der Waals surface area contributed by atoms with Crippen LogP contribution in [0.15, 0.2) is 42.7 Å². The standard InChI is InChI=1S/C21H21N2/c1-13-7-8-16-17-6-5-9-22-19(17)11-18(16)21(13)20-10-14(2)15(3)12-23(20)4/h5-10,12H,11H2,1-4H3/q+1/i3D3. The minimum absolute atomic E-state index is 0.402. The molecule has 2 heterocycles. The van der Waals surface area contributed by atoms with E-state index >= 15 is 0 Å². The van der Waals surface area contributed by atoms with Crippen LogP contribution in [0.5, 0.6) is 0 Å². The molecule has 0 spiro atoms. The Morgan fingerprint density at radius 3 is 2.78 bits per heavy atom. The Morgan fingerprint density at radius 1 is 1.09 bits per heavy atom. The summed E-state index contributed by atoms with van der Waals surface area (Å²) in [6.07, 6.45) is 4.39. The number of hydrogen-bond donors (Lipinski definition) is 0. The molecule has 114 valence electrons. The molecule has 0 aliphatic heterocycles. The summed E-state index contributed by atoms with van der Waals surface area (Å²) in [5.41, 5.74) is 9.41. The van der Waals surface area contributed by atoms with Crippen LogP contribution in [-0.2, 0) is 13.5 Å². The molecule has 1 aliphatic rings. The second-order valence-electron chi connectivity index (χ2n) is 6.32. The van der Waals surface area contributed by atoms with Gasteiger partial charge in [0.25, 0.3) is 0 Å². The summed E-state index contributed by atoms with van der Waals surface area (Å²) < 4.78 is 25.2. The summed E-state index contributed by atoms with van der Waals surface area (Å²) in [5, 5.41) is 0. The van der Waals surface area contributed by atoms with Crippen LogP contribution in [0.1, 0.15) is 32.1 Å². The van der Waals surface area contributed by atoms with Crippen LogP contribution in [0, 0.1) is 20.7 Å². The maximum absolute atomic E-state index is 7.75. The highest BCUT2D eigenvalue weighted by atomic mass is 14.9. The molecule has 2 aromatic heterocycles. The summed E-state index contributed by atoms with van der Waals surface area (Å²) in [7, 11) is 1.92. The van der Waals surface area contributed by atoms with Gasteiger partial charge in [-0.3, -0.25) is 4.98 Å². The van der Waals surface area contributed by atoms with E-state index in [1.54, 1.807) is 6.20 Å². The van der Waals surface area contributed by atoms with Crippen LogP contribution in [0.2, 0.25) is 0 Å². The van der Waals surface area contributed by atoms with E-state index in [4.69, 9.17) is 4.11 Å². The van der Waals surface area contributed by atoms with Crippen molar-refractivity contribution < 1.29 is 8.68 Å². The van der Waals surface area contributed by atoms with Crippen molar-refractivity contribution in [3.8, 4) is 22.4 Å². The molecule has 2 heteroatoms. The first-order valence-corrected chi connectivity index (χ1v) is 7.85. The molecule has 0 unspecified atom stereocenters. The van der Waals surface area contributed by atoms with E-state index in [-0.39, 0.29) is 0 Å². The molecular formula is C21H21N2+. The predicted octanol–water partition coefficient (Wildman–Crippen LogP) is 4.07. The van der Waals surface area contributed by atoms with Gasteiger partial charge in [-0.25, -0.2) is 4.57 Å². The van der Waals surface area contributed by atoms with Gasteiger partial charge >= 0.3 is 0 Å². The van der Waals surface area contributed by atoms with Crippen molar-refractivity contribution in [3.63, 3.8) is 0 Å². The lowest BCUT2D eigenvalue weighted by atomic mass is 9.93. The van der Waals surface area contributed by atoms with E-state index < -0.39 is 6.85 Å². The van der Waals surface area contributed by atoms with E-state index in [0.29, 0.717) is 5.56 Å². The summed E-state index contributed by atoms with van der Waals surface area (Å²) in [6, 6.07) is 10.4. The fraction of sp³-hybridized carbons (Fsp3) is 0.238. The second-order valence-corrected chi connectivity index (χ2v) is 6.32. The second kappa shape index (κ2) is 5.02. The molecule has 0 N–H and O–H groups in total. The zero-order chi connectivity index (χ0) is 18.6. The third-order valence-electron chi connectivity index (χ3n) is 4.78. The highest BCUT2D eigenvalue weighted by Gasteiger charge is 2.27. The lowest BCUT2D eigenvalue weighted by molar-refractivity contribution is -0.660. The van der Waals surface area contributed by atoms with Crippen LogP contribution in [0.4, 0.5) is 0 Å². The smallest absolute Gasteiger partial charge is 0.213 e. The van der Waals surface area contributed by atoms with Crippen molar-refractivity contribution in [1.29, 1.82) is 0 Å². The molecule has 23 heavy (non-hydrogen) atoms. The molecule has 0 amide bonds. The average Bonchev–Trinajstić information content (AvgIpc) is 2.94. The quantitative estimate of drug-likeness (QED) is 0.484. The first-order chi connectivity index (χ1) is 12.3. The minimum Gasteiger partial charge on any atom is -0.260 e. The molecule has 0 saturated heterocycles. The molecule has 4 rings (SSSR count). The predicted molar refractivity (Wildman–Crippen MR) is 93.3 cm³/mol. The minimum atomic E-state index is -2.10. The molecule has 2 nitrogen and oxygen atoms in total. The number of fused-ring (bicyclic) bond motifs is 3. The summed E-state index contributed by atoms with van der Waals surface area (Å²) in [5.74, 6) is 0. The topological polar surface area (TPSA) is 16.8 Å². The summed E-state index contributed by atoms with van der Waals surface area (Å²) >= 11 is 0. The lowest BCUT2D eigenvalue weighted by Crippen LogP contribution is -2.32. The Bertz CT molecular complexity index is 1040. The van der Waals surface area contributed by atoms with E-state index in [9.17, 15) is 0 Å². The normalized spacial score (nSPS) is 14.7. The Labute approximate surface area is 141 Å². The summed E-state index contributed by atoms with van der Waals surface area (Å²) in [4.78, 5) is 4.54. The Hall–Kier alpha value is -2.48. The molecule has 0 fully saturated rings. The third kappa shape index (κ3) is 2.09. The lowest BCUT2D eigenvalue weighted by Gasteiger charge is -2.12. The van der Waals surface area contributed by atoms with Crippen LogP contribution in [0.25, 0.3) is 22.4 Å². The van der Waals surface area contributed by atoms with Crippen LogP contribution in [-0.4, -0.2) is 4.98 Å². The zero-order valence-corrected chi connectivity index (χ0v) is 13.6. The Balaban J connectivity index is 1.95. The van der Waals surface area contributed by atoms with Crippen molar-refractivity contribution in [2.45, 2.75) is 27.1 Å². The first kappa shape index (κ1) is 11.1. The van der Waals surface area contributed by atoms with E-state index in [0.717, 1.165) is 23.4 Å². The van der Waals surface area contributed by atoms with Gasteiger partial charge in [-0.05, 0) is 49.0 Å². The number of hydrogen-bond acceptors (Lipinski definition) is 1. The monoisotopic (exact) mass is 304 g/mol. The summed E-state index contributed by atoms with van der Waals surface area (Å²) in [6.45, 7) is 1.88. The molecule has 0 bridgehead atoms. The van der Waals surface area contributed by atoms with Gasteiger partial charge in [-0.2, -0.15) is 0 Å². The molecule has 0 atom stereocenters. The van der Waals surface area contributed by atoms with Crippen molar-refractivity contribution in [1.82, 2.24) is 4.98 Å². The average molecular weight is 304 g/mol. The molecule has 1 aromatic carbocycles. The van der Waals surface area contributed by atoms with Gasteiger partial charge < -0.3 is 0 Å². The van der Waals surface area contributed by atoms with E-state index in [2.05, 4.69) is 30.1 Å². The number of nitrogens with zero attached hydrogens (tertiary/aromatic N) is 2. The van der Waals surface area contributed by atoms with E-state index in [1.165, 1.54) is 27.8 Å². The van der Waals surface area contributed by atoms with Crippen LogP contribution < -0.4 is 4.57 Å². The van der Waals surface area contributed by atoms with Crippen LogP contribution in [0.3, 0.4) is 0 Å². The van der Waals surface area contributed by atoms with Gasteiger partial charge in [0.2, 0.25) is 5.69 Å². The van der Waals surface area contributed by atoms with Gasteiger partial charge in [0.05, 0.1) is 11.3 Å². The largest absolute Gasteiger partial charge is 0.260 e. The fourth-order valence-corrected chi connectivity index (χ4v) is 3.55. The maximum Gasteiger partial charge on any atom is 0.213 e. The highest BCUT2D eigenvalue weighted by Crippen LogP contribution is 2.41. The molecule has 1 aliphatic carbocycles. The zero-order valence-electron chi connectivity index (χ0n) is 16.6. The number of benzene rings is 1. The van der Waals surface area contributed by atoms with Crippen LogP contribution >= 0.6 is 0 Å². The maximum atomic E-state index is 7.75. The Kier molecular flexibility index (Phi) is 2.43. The highest BCUT2D eigenvalue weighted by molar-refractivity contribution is 5.84. The van der Waals surface area contributed by atoms with Crippen molar-refractivity contribution >= 4 is 0 Å². The number of aryl methyl sites for hydroxylation is 4. The van der Waals surface area contributed by atoms with Gasteiger partial charge in [0.1, 0.15) is 7.05 Å². The molecule has 0 saturated carbocycles. The molecule has 3 aromatic rings.